The van der Waals surface area contributed by atoms with Gasteiger partial charge in [-0.1, -0.05) is 41.7 Å². The van der Waals surface area contributed by atoms with Crippen molar-refractivity contribution in [2.75, 3.05) is 6.61 Å². The molecule has 0 aliphatic rings. The maximum Gasteiger partial charge on any atom is 0.135 e. The summed E-state index contributed by atoms with van der Waals surface area (Å²) in [5.41, 5.74) is 2.65. The number of rotatable bonds is 3. The topological polar surface area (TPSA) is 29.5 Å². The molecule has 0 spiro atoms. The molecule has 20 heavy (non-hydrogen) atoms. The third-order valence-electron chi connectivity index (χ3n) is 2.76. The molecule has 0 saturated heterocycles. The first-order valence-corrected chi connectivity index (χ1v) is 6.26. The lowest BCUT2D eigenvalue weighted by atomic mass is 10.1. The van der Waals surface area contributed by atoms with Crippen LogP contribution in [0.4, 0.5) is 4.39 Å². The summed E-state index contributed by atoms with van der Waals surface area (Å²) in [5, 5.41) is 8.71. The van der Waals surface area contributed by atoms with Gasteiger partial charge >= 0.3 is 0 Å². The van der Waals surface area contributed by atoms with Crippen LogP contribution in [0, 0.1) is 24.6 Å². The highest BCUT2D eigenvalue weighted by Gasteiger charge is 2.04. The van der Waals surface area contributed by atoms with Crippen LogP contribution >= 0.6 is 0 Å². The van der Waals surface area contributed by atoms with Crippen LogP contribution in [0.2, 0.25) is 0 Å². The monoisotopic (exact) mass is 270 g/mol. The van der Waals surface area contributed by atoms with E-state index in [1.54, 1.807) is 6.07 Å². The molecule has 0 saturated carbocycles. The summed E-state index contributed by atoms with van der Waals surface area (Å²) >= 11 is 0. The molecule has 0 aliphatic carbocycles. The van der Waals surface area contributed by atoms with Gasteiger partial charge in [-0.05, 0) is 30.7 Å². The number of hydrogen-bond donors (Lipinski definition) is 1. The molecule has 0 heterocycles. The summed E-state index contributed by atoms with van der Waals surface area (Å²) in [5.74, 6) is 5.31. The molecule has 2 nitrogen and oxygen atoms in total. The van der Waals surface area contributed by atoms with Gasteiger partial charge in [-0.2, -0.15) is 0 Å². The first-order valence-electron chi connectivity index (χ1n) is 6.26. The molecule has 0 unspecified atom stereocenters. The van der Waals surface area contributed by atoms with Crippen LogP contribution in [0.5, 0.6) is 5.75 Å². The second kappa shape index (κ2) is 6.74. The predicted octanol–water partition coefficient (Wildman–Crippen LogP) is 3.06. The van der Waals surface area contributed by atoms with Crippen LogP contribution in [-0.4, -0.2) is 11.7 Å². The smallest absolute Gasteiger partial charge is 0.135 e. The van der Waals surface area contributed by atoms with Crippen molar-refractivity contribution in [2.45, 2.75) is 13.5 Å². The second-order valence-electron chi connectivity index (χ2n) is 4.37. The average Bonchev–Trinajstić information content (AvgIpc) is 2.46. The first kappa shape index (κ1) is 14.1. The Hall–Kier alpha value is -2.31. The normalized spacial score (nSPS) is 9.75. The first-order chi connectivity index (χ1) is 9.69. The summed E-state index contributed by atoms with van der Waals surface area (Å²) in [7, 11) is 0. The Morgan fingerprint density at radius 3 is 2.60 bits per heavy atom. The fraction of sp³-hybridized carbons (Fsp3) is 0.176. The van der Waals surface area contributed by atoms with E-state index in [2.05, 4.69) is 11.8 Å². The molecule has 0 aliphatic heterocycles. The van der Waals surface area contributed by atoms with Gasteiger partial charge in [0.05, 0.1) is 5.56 Å². The highest BCUT2D eigenvalue weighted by Crippen LogP contribution is 2.20. The van der Waals surface area contributed by atoms with Crippen molar-refractivity contribution in [3.05, 3.63) is 65.0 Å². The highest BCUT2D eigenvalue weighted by atomic mass is 19.1. The number of ether oxygens (including phenoxy) is 1. The standard InChI is InChI=1S/C17H15FO2/c1-13-4-6-14(7-5-13)12-20-17-9-8-16(18)11-15(17)3-2-10-19/h4-9,11,19H,10,12H2,1H3. The third-order valence-corrected chi connectivity index (χ3v) is 2.76. The summed E-state index contributed by atoms with van der Waals surface area (Å²) in [6.07, 6.45) is 0. The quantitative estimate of drug-likeness (QED) is 0.869. The van der Waals surface area contributed by atoms with Crippen molar-refractivity contribution in [2.24, 2.45) is 0 Å². The van der Waals surface area contributed by atoms with Crippen molar-refractivity contribution in [1.29, 1.82) is 0 Å². The molecule has 0 fully saturated rings. The van der Waals surface area contributed by atoms with Gasteiger partial charge in [0.15, 0.2) is 0 Å². The number of aliphatic hydroxyl groups is 1. The lowest BCUT2D eigenvalue weighted by Crippen LogP contribution is -1.98. The van der Waals surface area contributed by atoms with Gasteiger partial charge in [0.2, 0.25) is 0 Å². The molecule has 102 valence electrons. The Bertz CT molecular complexity index is 636. The number of benzene rings is 2. The van der Waals surface area contributed by atoms with E-state index in [0.29, 0.717) is 17.9 Å². The van der Waals surface area contributed by atoms with Gasteiger partial charge in [-0.25, -0.2) is 4.39 Å². The maximum absolute atomic E-state index is 13.2. The van der Waals surface area contributed by atoms with E-state index in [0.717, 1.165) is 5.56 Å². The van der Waals surface area contributed by atoms with Crippen molar-refractivity contribution < 1.29 is 14.2 Å². The van der Waals surface area contributed by atoms with Gasteiger partial charge in [-0.15, -0.1) is 0 Å². The van der Waals surface area contributed by atoms with Gasteiger partial charge in [0.25, 0.3) is 0 Å². The van der Waals surface area contributed by atoms with Crippen LogP contribution in [0.25, 0.3) is 0 Å². The van der Waals surface area contributed by atoms with Gasteiger partial charge in [0, 0.05) is 0 Å². The van der Waals surface area contributed by atoms with Crippen molar-refractivity contribution >= 4 is 0 Å². The molecule has 3 heteroatoms. The van der Waals surface area contributed by atoms with E-state index in [1.165, 1.54) is 17.7 Å². The summed E-state index contributed by atoms with van der Waals surface area (Å²) in [6, 6.07) is 12.2. The lowest BCUT2D eigenvalue weighted by molar-refractivity contribution is 0.305. The molecule has 0 radical (unpaired) electrons. The van der Waals surface area contributed by atoms with Crippen molar-refractivity contribution in [3.8, 4) is 17.6 Å². The Morgan fingerprint density at radius 2 is 1.90 bits per heavy atom. The van der Waals surface area contributed by atoms with Crippen LogP contribution in [0.1, 0.15) is 16.7 Å². The molecule has 2 aromatic carbocycles. The Morgan fingerprint density at radius 1 is 1.15 bits per heavy atom. The highest BCUT2D eigenvalue weighted by molar-refractivity contribution is 5.46. The number of halogens is 1. The fourth-order valence-electron chi connectivity index (χ4n) is 1.71. The minimum atomic E-state index is -0.380. The van der Waals surface area contributed by atoms with E-state index < -0.39 is 0 Å². The zero-order valence-electron chi connectivity index (χ0n) is 11.2. The molecule has 0 bridgehead atoms. The molecule has 0 atom stereocenters. The molecule has 2 aromatic rings. The van der Waals surface area contributed by atoms with Crippen LogP contribution in [-0.2, 0) is 6.61 Å². The largest absolute Gasteiger partial charge is 0.488 e. The number of aryl methyl sites for hydroxylation is 1. The molecule has 1 N–H and O–H groups in total. The Kier molecular flexibility index (Phi) is 4.75. The van der Waals surface area contributed by atoms with Gasteiger partial charge < -0.3 is 9.84 Å². The zero-order valence-corrected chi connectivity index (χ0v) is 11.2. The summed E-state index contributed by atoms with van der Waals surface area (Å²) < 4.78 is 18.9. The third kappa shape index (κ3) is 3.84. The van der Waals surface area contributed by atoms with Crippen LogP contribution in [0.3, 0.4) is 0 Å². The molecule has 0 aromatic heterocycles. The second-order valence-corrected chi connectivity index (χ2v) is 4.37. The number of hydrogen-bond acceptors (Lipinski definition) is 2. The maximum atomic E-state index is 13.2. The van der Waals surface area contributed by atoms with Gasteiger partial charge in [-0.3, -0.25) is 0 Å². The SMILES string of the molecule is Cc1ccc(COc2ccc(F)cc2C#CCO)cc1. The zero-order chi connectivity index (χ0) is 14.4. The fourth-order valence-corrected chi connectivity index (χ4v) is 1.71. The van der Waals surface area contributed by atoms with Crippen LogP contribution in [0.15, 0.2) is 42.5 Å². The molecular weight excluding hydrogens is 255 g/mol. The van der Waals surface area contributed by atoms with E-state index in [9.17, 15) is 4.39 Å². The van der Waals surface area contributed by atoms with E-state index in [1.807, 2.05) is 31.2 Å². The molecule has 2 rings (SSSR count). The average molecular weight is 270 g/mol. The molecule has 0 amide bonds. The summed E-state index contributed by atoms with van der Waals surface area (Å²) in [4.78, 5) is 0. The Labute approximate surface area is 117 Å². The van der Waals surface area contributed by atoms with E-state index in [-0.39, 0.29) is 12.4 Å². The van der Waals surface area contributed by atoms with E-state index in [4.69, 9.17) is 9.84 Å². The minimum absolute atomic E-state index is 0.270. The molecular formula is C17H15FO2. The van der Waals surface area contributed by atoms with Crippen LogP contribution < -0.4 is 4.74 Å². The van der Waals surface area contributed by atoms with Crippen molar-refractivity contribution in [1.82, 2.24) is 0 Å². The minimum Gasteiger partial charge on any atom is -0.488 e. The summed E-state index contributed by atoms with van der Waals surface area (Å²) in [6.45, 7) is 2.14. The predicted molar refractivity (Wildman–Crippen MR) is 75.9 cm³/mol. The van der Waals surface area contributed by atoms with E-state index >= 15 is 0 Å². The number of aliphatic hydroxyl groups excluding tert-OH is 1. The van der Waals surface area contributed by atoms with Gasteiger partial charge in [0.1, 0.15) is 24.8 Å². The lowest BCUT2D eigenvalue weighted by Gasteiger charge is -2.08. The van der Waals surface area contributed by atoms with Crippen molar-refractivity contribution in [3.63, 3.8) is 0 Å². The Balaban J connectivity index is 2.14.